The summed E-state index contributed by atoms with van der Waals surface area (Å²) in [7, 11) is 1.55. The van der Waals surface area contributed by atoms with Gasteiger partial charge in [-0.15, -0.1) is 0 Å². The number of nitrogens with one attached hydrogen (secondary N) is 3. The van der Waals surface area contributed by atoms with Crippen molar-refractivity contribution in [1.82, 2.24) is 5.32 Å². The first-order valence-electron chi connectivity index (χ1n) is 9.32. The molecular formula is C21H28N4O2. The van der Waals surface area contributed by atoms with Crippen molar-refractivity contribution in [2.45, 2.75) is 26.7 Å². The SMILES string of the molecule is CCCCN(CC)c1ccc(C(=O)Nc2ccc(NC(=O)NC)cc2)cc1. The lowest BCUT2D eigenvalue weighted by Gasteiger charge is -2.23. The summed E-state index contributed by atoms with van der Waals surface area (Å²) < 4.78 is 0. The summed E-state index contributed by atoms with van der Waals surface area (Å²) in [5.74, 6) is -0.162. The van der Waals surface area contributed by atoms with Gasteiger partial charge in [0.2, 0.25) is 0 Å². The van der Waals surface area contributed by atoms with Gasteiger partial charge in [-0.25, -0.2) is 4.79 Å². The van der Waals surface area contributed by atoms with Crippen molar-refractivity contribution in [3.05, 3.63) is 54.1 Å². The predicted octanol–water partition coefficient (Wildman–Crippen LogP) is 4.32. The van der Waals surface area contributed by atoms with Gasteiger partial charge in [-0.1, -0.05) is 13.3 Å². The first kappa shape index (κ1) is 20.3. The van der Waals surface area contributed by atoms with Crippen molar-refractivity contribution in [2.24, 2.45) is 0 Å². The molecule has 0 aliphatic rings. The lowest BCUT2D eigenvalue weighted by molar-refractivity contribution is 0.102. The molecule has 0 spiro atoms. The van der Waals surface area contributed by atoms with Gasteiger partial charge in [-0.2, -0.15) is 0 Å². The average Bonchev–Trinajstić information content (AvgIpc) is 2.70. The van der Waals surface area contributed by atoms with Crippen molar-refractivity contribution in [1.29, 1.82) is 0 Å². The molecule has 6 nitrogen and oxygen atoms in total. The molecule has 0 atom stereocenters. The topological polar surface area (TPSA) is 73.5 Å². The van der Waals surface area contributed by atoms with Crippen LogP contribution in [0.4, 0.5) is 21.9 Å². The second-order valence-electron chi connectivity index (χ2n) is 6.22. The Balaban J connectivity index is 1.98. The molecule has 2 aromatic carbocycles. The Labute approximate surface area is 161 Å². The van der Waals surface area contributed by atoms with Crippen LogP contribution in [0.15, 0.2) is 48.5 Å². The number of urea groups is 1. The van der Waals surface area contributed by atoms with Crippen molar-refractivity contribution in [3.8, 4) is 0 Å². The Kier molecular flexibility index (Phi) is 7.67. The number of carbonyl (C=O) groups excluding carboxylic acids is 2. The molecule has 0 saturated carbocycles. The smallest absolute Gasteiger partial charge is 0.318 e. The maximum Gasteiger partial charge on any atom is 0.318 e. The van der Waals surface area contributed by atoms with Gasteiger partial charge in [0.15, 0.2) is 0 Å². The van der Waals surface area contributed by atoms with Crippen LogP contribution in [-0.4, -0.2) is 32.1 Å². The number of carbonyl (C=O) groups is 2. The number of nitrogens with zero attached hydrogens (tertiary/aromatic N) is 1. The number of anilines is 3. The lowest BCUT2D eigenvalue weighted by Crippen LogP contribution is -2.24. The van der Waals surface area contributed by atoms with Crippen LogP contribution in [0.3, 0.4) is 0 Å². The zero-order chi connectivity index (χ0) is 19.6. The molecule has 144 valence electrons. The van der Waals surface area contributed by atoms with Crippen LogP contribution in [0.1, 0.15) is 37.0 Å². The Morgan fingerprint density at radius 3 is 2.00 bits per heavy atom. The van der Waals surface area contributed by atoms with E-state index in [1.165, 1.54) is 0 Å². The van der Waals surface area contributed by atoms with E-state index in [0.717, 1.165) is 31.6 Å². The summed E-state index contributed by atoms with van der Waals surface area (Å²) in [6, 6.07) is 14.4. The standard InChI is InChI=1S/C21H28N4O2/c1-4-6-15-25(5-2)19-13-7-16(8-14-19)20(26)23-17-9-11-18(12-10-17)24-21(27)22-3/h7-14H,4-6,15H2,1-3H3,(H,23,26)(H2,22,24,27). The molecule has 0 saturated heterocycles. The van der Waals surface area contributed by atoms with Gasteiger partial charge < -0.3 is 20.9 Å². The van der Waals surface area contributed by atoms with E-state index in [1.54, 1.807) is 31.3 Å². The molecule has 0 fully saturated rings. The fourth-order valence-electron chi connectivity index (χ4n) is 2.68. The number of benzene rings is 2. The summed E-state index contributed by atoms with van der Waals surface area (Å²) in [5.41, 5.74) is 3.07. The molecule has 2 aromatic rings. The first-order valence-corrected chi connectivity index (χ1v) is 9.32. The zero-order valence-corrected chi connectivity index (χ0v) is 16.2. The highest BCUT2D eigenvalue weighted by Crippen LogP contribution is 2.18. The molecule has 2 rings (SSSR count). The summed E-state index contributed by atoms with van der Waals surface area (Å²) >= 11 is 0. The van der Waals surface area contributed by atoms with E-state index >= 15 is 0 Å². The highest BCUT2D eigenvalue weighted by atomic mass is 16.2. The summed E-state index contributed by atoms with van der Waals surface area (Å²) in [6.07, 6.45) is 2.31. The second kappa shape index (κ2) is 10.2. The molecule has 0 heterocycles. The molecule has 0 unspecified atom stereocenters. The average molecular weight is 368 g/mol. The Hall–Kier alpha value is -3.02. The van der Waals surface area contributed by atoms with Gasteiger partial charge in [-0.3, -0.25) is 4.79 Å². The molecule has 6 heteroatoms. The van der Waals surface area contributed by atoms with Crippen LogP contribution >= 0.6 is 0 Å². The van der Waals surface area contributed by atoms with E-state index in [9.17, 15) is 9.59 Å². The van der Waals surface area contributed by atoms with E-state index in [-0.39, 0.29) is 11.9 Å². The van der Waals surface area contributed by atoms with Crippen LogP contribution in [-0.2, 0) is 0 Å². The van der Waals surface area contributed by atoms with E-state index in [4.69, 9.17) is 0 Å². The normalized spacial score (nSPS) is 10.2. The highest BCUT2D eigenvalue weighted by molar-refractivity contribution is 6.04. The number of amides is 3. The number of hydrogen-bond donors (Lipinski definition) is 3. The molecule has 3 amide bonds. The van der Waals surface area contributed by atoms with Gasteiger partial charge in [0.1, 0.15) is 0 Å². The maximum atomic E-state index is 12.4. The largest absolute Gasteiger partial charge is 0.372 e. The zero-order valence-electron chi connectivity index (χ0n) is 16.2. The van der Waals surface area contributed by atoms with Crippen LogP contribution in [0.25, 0.3) is 0 Å². The Morgan fingerprint density at radius 1 is 0.889 bits per heavy atom. The van der Waals surface area contributed by atoms with Crippen LogP contribution in [0, 0.1) is 0 Å². The molecule has 0 radical (unpaired) electrons. The van der Waals surface area contributed by atoms with E-state index in [2.05, 4.69) is 34.7 Å². The molecule has 0 aliphatic heterocycles. The number of hydrogen-bond acceptors (Lipinski definition) is 3. The fraction of sp³-hybridized carbons (Fsp3) is 0.333. The lowest BCUT2D eigenvalue weighted by atomic mass is 10.1. The Morgan fingerprint density at radius 2 is 1.48 bits per heavy atom. The monoisotopic (exact) mass is 368 g/mol. The minimum absolute atomic E-state index is 0.162. The summed E-state index contributed by atoms with van der Waals surface area (Å²) in [4.78, 5) is 26.0. The molecule has 0 aromatic heterocycles. The minimum Gasteiger partial charge on any atom is -0.372 e. The van der Waals surface area contributed by atoms with Crippen LogP contribution in [0.5, 0.6) is 0 Å². The van der Waals surface area contributed by atoms with E-state index in [0.29, 0.717) is 16.9 Å². The quantitative estimate of drug-likeness (QED) is 0.650. The minimum atomic E-state index is -0.285. The van der Waals surface area contributed by atoms with Crippen molar-refractivity contribution in [2.75, 3.05) is 35.7 Å². The van der Waals surface area contributed by atoms with Crippen molar-refractivity contribution in [3.63, 3.8) is 0 Å². The third-order valence-electron chi connectivity index (χ3n) is 4.29. The maximum absolute atomic E-state index is 12.4. The first-order chi connectivity index (χ1) is 13.1. The van der Waals surface area contributed by atoms with Gasteiger partial charge in [0.05, 0.1) is 0 Å². The summed E-state index contributed by atoms with van der Waals surface area (Å²) in [6.45, 7) is 6.29. The van der Waals surface area contributed by atoms with Crippen molar-refractivity contribution < 1.29 is 9.59 Å². The predicted molar refractivity (Wildman–Crippen MR) is 112 cm³/mol. The molecule has 0 aliphatic carbocycles. The molecular weight excluding hydrogens is 340 g/mol. The summed E-state index contributed by atoms with van der Waals surface area (Å²) in [5, 5.41) is 8.03. The number of rotatable bonds is 8. The molecule has 0 bridgehead atoms. The molecule has 3 N–H and O–H groups in total. The van der Waals surface area contributed by atoms with Gasteiger partial charge in [0.25, 0.3) is 5.91 Å². The van der Waals surface area contributed by atoms with Crippen LogP contribution < -0.4 is 20.9 Å². The van der Waals surface area contributed by atoms with Crippen LogP contribution in [0.2, 0.25) is 0 Å². The van der Waals surface area contributed by atoms with Gasteiger partial charge >= 0.3 is 6.03 Å². The fourth-order valence-corrected chi connectivity index (χ4v) is 2.68. The highest BCUT2D eigenvalue weighted by Gasteiger charge is 2.09. The van der Waals surface area contributed by atoms with Gasteiger partial charge in [-0.05, 0) is 61.9 Å². The third-order valence-corrected chi connectivity index (χ3v) is 4.29. The Bertz CT molecular complexity index is 742. The van der Waals surface area contributed by atoms with Gasteiger partial charge in [0, 0.05) is 42.8 Å². The molecule has 27 heavy (non-hydrogen) atoms. The van der Waals surface area contributed by atoms with Crippen molar-refractivity contribution >= 4 is 29.0 Å². The van der Waals surface area contributed by atoms with E-state index in [1.807, 2.05) is 24.3 Å². The van der Waals surface area contributed by atoms with E-state index < -0.39 is 0 Å². The second-order valence-corrected chi connectivity index (χ2v) is 6.22. The third kappa shape index (κ3) is 6.02. The number of unbranched alkanes of at least 4 members (excludes halogenated alkanes) is 1.